The molecule has 3 aromatic rings. The molecular weight excluding hydrogens is 414 g/mol. The maximum Gasteiger partial charge on any atom is 0.241 e. The van der Waals surface area contributed by atoms with Crippen LogP contribution in [-0.4, -0.2) is 30.3 Å². The SMILES string of the molecule is O=C(CS(=O)(=O)Cc1ccccc1)Nc1nnc(CSCc2ccccc2)s1. The van der Waals surface area contributed by atoms with E-state index in [0.717, 1.165) is 10.8 Å². The highest BCUT2D eigenvalue weighted by molar-refractivity contribution is 7.97. The first kappa shape index (κ1) is 20.5. The fraction of sp³-hybridized carbons (Fsp3) is 0.211. The third kappa shape index (κ3) is 6.74. The number of aromatic nitrogens is 2. The predicted molar refractivity (Wildman–Crippen MR) is 114 cm³/mol. The third-order valence-electron chi connectivity index (χ3n) is 3.63. The lowest BCUT2D eigenvalue weighted by molar-refractivity contribution is -0.113. The number of sulfone groups is 1. The molecule has 3 rings (SSSR count). The van der Waals surface area contributed by atoms with Gasteiger partial charge in [-0.3, -0.25) is 10.1 Å². The molecule has 0 radical (unpaired) electrons. The molecule has 6 nitrogen and oxygen atoms in total. The van der Waals surface area contributed by atoms with E-state index in [9.17, 15) is 13.2 Å². The lowest BCUT2D eigenvalue weighted by atomic mass is 10.2. The highest BCUT2D eigenvalue weighted by atomic mass is 32.2. The second-order valence-electron chi connectivity index (χ2n) is 6.05. The molecule has 1 amide bonds. The van der Waals surface area contributed by atoms with Crippen LogP contribution in [0.4, 0.5) is 5.13 Å². The van der Waals surface area contributed by atoms with Gasteiger partial charge in [0, 0.05) is 11.5 Å². The van der Waals surface area contributed by atoms with E-state index in [1.54, 1.807) is 36.0 Å². The number of hydrogen-bond acceptors (Lipinski definition) is 7. The number of rotatable bonds is 9. The highest BCUT2D eigenvalue weighted by Gasteiger charge is 2.18. The minimum Gasteiger partial charge on any atom is -0.300 e. The van der Waals surface area contributed by atoms with Crippen molar-refractivity contribution in [2.45, 2.75) is 17.3 Å². The number of amides is 1. The first-order chi connectivity index (χ1) is 13.5. The van der Waals surface area contributed by atoms with Crippen LogP contribution in [0, 0.1) is 0 Å². The summed E-state index contributed by atoms with van der Waals surface area (Å²) >= 11 is 2.96. The Morgan fingerprint density at radius 3 is 2.25 bits per heavy atom. The van der Waals surface area contributed by atoms with Crippen molar-refractivity contribution in [3.63, 3.8) is 0 Å². The topological polar surface area (TPSA) is 89.0 Å². The summed E-state index contributed by atoms with van der Waals surface area (Å²) in [4.78, 5) is 12.1. The zero-order valence-corrected chi connectivity index (χ0v) is 17.4. The van der Waals surface area contributed by atoms with Crippen LogP contribution in [0.1, 0.15) is 16.1 Å². The Bertz CT molecular complexity index is 1010. The molecule has 0 spiro atoms. The third-order valence-corrected chi connectivity index (χ3v) is 7.14. The molecule has 9 heteroatoms. The first-order valence-electron chi connectivity index (χ1n) is 8.48. The van der Waals surface area contributed by atoms with Crippen molar-refractivity contribution in [2.24, 2.45) is 0 Å². The number of carbonyl (C=O) groups is 1. The smallest absolute Gasteiger partial charge is 0.241 e. The Balaban J connectivity index is 1.46. The fourth-order valence-corrected chi connectivity index (χ4v) is 5.50. The normalized spacial score (nSPS) is 11.3. The Hall–Kier alpha value is -2.23. The van der Waals surface area contributed by atoms with Crippen molar-refractivity contribution in [1.29, 1.82) is 0 Å². The predicted octanol–water partition coefficient (Wildman–Crippen LogP) is 3.53. The molecule has 0 aliphatic heterocycles. The lowest BCUT2D eigenvalue weighted by Gasteiger charge is -2.04. The van der Waals surface area contributed by atoms with E-state index in [-0.39, 0.29) is 5.75 Å². The van der Waals surface area contributed by atoms with E-state index in [1.807, 2.05) is 24.3 Å². The van der Waals surface area contributed by atoms with Crippen LogP contribution in [0.3, 0.4) is 0 Å². The largest absolute Gasteiger partial charge is 0.300 e. The zero-order valence-electron chi connectivity index (χ0n) is 14.9. The van der Waals surface area contributed by atoms with Crippen molar-refractivity contribution >= 4 is 44.0 Å². The van der Waals surface area contributed by atoms with Crippen molar-refractivity contribution in [3.8, 4) is 0 Å². The molecule has 146 valence electrons. The Morgan fingerprint density at radius 2 is 1.57 bits per heavy atom. The number of thioether (sulfide) groups is 1. The van der Waals surface area contributed by atoms with Crippen LogP contribution in [-0.2, 0) is 31.9 Å². The highest BCUT2D eigenvalue weighted by Crippen LogP contribution is 2.22. The van der Waals surface area contributed by atoms with Gasteiger partial charge in [0.25, 0.3) is 0 Å². The monoisotopic (exact) mass is 433 g/mol. The second kappa shape index (κ2) is 9.81. The molecule has 28 heavy (non-hydrogen) atoms. The van der Waals surface area contributed by atoms with Gasteiger partial charge in [0.15, 0.2) is 9.84 Å². The summed E-state index contributed by atoms with van der Waals surface area (Å²) in [5.41, 5.74) is 1.89. The molecule has 1 heterocycles. The van der Waals surface area contributed by atoms with E-state index in [0.29, 0.717) is 16.4 Å². The van der Waals surface area contributed by atoms with Crippen LogP contribution in [0.2, 0.25) is 0 Å². The molecule has 0 aliphatic rings. The molecular formula is C19H19N3O3S3. The van der Waals surface area contributed by atoms with E-state index >= 15 is 0 Å². The number of carbonyl (C=O) groups excluding carboxylic acids is 1. The van der Waals surface area contributed by atoms with E-state index < -0.39 is 21.5 Å². The Kier molecular flexibility index (Phi) is 7.18. The van der Waals surface area contributed by atoms with Gasteiger partial charge in [0.05, 0.1) is 5.75 Å². The standard InChI is InChI=1S/C19H19N3O3S3/c23-17(14-28(24,25)13-16-9-5-2-6-10-16)20-19-22-21-18(27-19)12-26-11-15-7-3-1-4-8-15/h1-10H,11-14H2,(H,20,22,23). The number of nitrogens with one attached hydrogen (secondary N) is 1. The average molecular weight is 434 g/mol. The van der Waals surface area contributed by atoms with Gasteiger partial charge in [-0.15, -0.1) is 22.0 Å². The maximum absolute atomic E-state index is 12.2. The second-order valence-corrected chi connectivity index (χ2v) is 10.2. The van der Waals surface area contributed by atoms with Gasteiger partial charge in [-0.1, -0.05) is 72.0 Å². The number of anilines is 1. The molecule has 0 saturated heterocycles. The summed E-state index contributed by atoms with van der Waals surface area (Å²) in [5.74, 6) is 0.183. The van der Waals surface area contributed by atoms with Gasteiger partial charge >= 0.3 is 0 Å². The molecule has 0 saturated carbocycles. The summed E-state index contributed by atoms with van der Waals surface area (Å²) in [7, 11) is -3.55. The number of nitrogens with zero attached hydrogens (tertiary/aromatic N) is 2. The van der Waals surface area contributed by atoms with Crippen molar-refractivity contribution in [2.75, 3.05) is 11.1 Å². The fourth-order valence-electron chi connectivity index (χ4n) is 2.43. The average Bonchev–Trinajstić information content (AvgIpc) is 3.09. The van der Waals surface area contributed by atoms with Crippen molar-refractivity contribution in [3.05, 3.63) is 76.8 Å². The van der Waals surface area contributed by atoms with Gasteiger partial charge in [-0.25, -0.2) is 8.42 Å². The summed E-state index contributed by atoms with van der Waals surface area (Å²) in [6.07, 6.45) is 0. The number of benzene rings is 2. The Morgan fingerprint density at radius 1 is 0.929 bits per heavy atom. The van der Waals surface area contributed by atoms with Crippen molar-refractivity contribution < 1.29 is 13.2 Å². The first-order valence-corrected chi connectivity index (χ1v) is 12.3. The molecule has 0 aliphatic carbocycles. The van der Waals surface area contributed by atoms with Crippen LogP contribution >= 0.6 is 23.1 Å². The van der Waals surface area contributed by atoms with Gasteiger partial charge in [-0.05, 0) is 11.1 Å². The van der Waals surface area contributed by atoms with Crippen LogP contribution in [0.5, 0.6) is 0 Å². The van der Waals surface area contributed by atoms with Crippen LogP contribution in [0.25, 0.3) is 0 Å². The minimum absolute atomic E-state index is 0.168. The lowest BCUT2D eigenvalue weighted by Crippen LogP contribution is -2.23. The molecule has 1 aromatic heterocycles. The molecule has 0 bridgehead atoms. The van der Waals surface area contributed by atoms with Crippen LogP contribution in [0.15, 0.2) is 60.7 Å². The molecule has 0 unspecified atom stereocenters. The van der Waals surface area contributed by atoms with Crippen molar-refractivity contribution in [1.82, 2.24) is 10.2 Å². The number of hydrogen-bond donors (Lipinski definition) is 1. The van der Waals surface area contributed by atoms with Gasteiger partial charge in [-0.2, -0.15) is 0 Å². The van der Waals surface area contributed by atoms with Gasteiger partial charge in [0.2, 0.25) is 11.0 Å². The summed E-state index contributed by atoms with van der Waals surface area (Å²) in [5, 5.41) is 11.6. The summed E-state index contributed by atoms with van der Waals surface area (Å²) in [6.45, 7) is 0. The molecule has 0 atom stereocenters. The van der Waals surface area contributed by atoms with E-state index in [1.165, 1.54) is 16.9 Å². The summed E-state index contributed by atoms with van der Waals surface area (Å²) in [6, 6.07) is 18.9. The van der Waals surface area contributed by atoms with Crippen LogP contribution < -0.4 is 5.32 Å². The van der Waals surface area contributed by atoms with Gasteiger partial charge < -0.3 is 0 Å². The summed E-state index contributed by atoms with van der Waals surface area (Å²) < 4.78 is 24.4. The minimum atomic E-state index is -3.55. The Labute approximate surface area is 172 Å². The quantitative estimate of drug-likeness (QED) is 0.555. The zero-order chi connectivity index (χ0) is 19.8. The van der Waals surface area contributed by atoms with Gasteiger partial charge in [0.1, 0.15) is 10.8 Å². The maximum atomic E-state index is 12.2. The van der Waals surface area contributed by atoms with E-state index in [4.69, 9.17) is 0 Å². The van der Waals surface area contributed by atoms with E-state index in [2.05, 4.69) is 27.6 Å². The molecule has 1 N–H and O–H groups in total. The molecule has 0 fully saturated rings. The molecule has 2 aromatic carbocycles.